The molecule has 0 unspecified atom stereocenters. The Bertz CT molecular complexity index is 1170. The third-order valence-corrected chi connectivity index (χ3v) is 6.49. The van der Waals surface area contributed by atoms with Crippen molar-refractivity contribution in [2.24, 2.45) is 28.8 Å². The van der Waals surface area contributed by atoms with Crippen LogP contribution in [0.2, 0.25) is 0 Å². The number of hydrazone groups is 1. The van der Waals surface area contributed by atoms with Gasteiger partial charge in [0.25, 0.3) is 11.8 Å². The second-order valence-corrected chi connectivity index (χ2v) is 8.63. The summed E-state index contributed by atoms with van der Waals surface area (Å²) >= 11 is 0. The lowest BCUT2D eigenvalue weighted by molar-refractivity contribution is -0.140. The molecule has 0 aromatic heterocycles. The van der Waals surface area contributed by atoms with E-state index in [1.165, 1.54) is 6.21 Å². The number of nitrogens with zero attached hydrogens (tertiary/aromatic N) is 2. The zero-order valence-corrected chi connectivity index (χ0v) is 18.4. The molecule has 1 heterocycles. The van der Waals surface area contributed by atoms with Crippen molar-refractivity contribution >= 4 is 24.0 Å². The molecule has 5 rings (SSSR count). The maximum atomic E-state index is 12.8. The number of ether oxygens (including phenoxy) is 2. The highest BCUT2D eigenvalue weighted by Gasteiger charge is 2.59. The number of imide groups is 1. The molecular formula is C26H24N2O5. The third-order valence-electron chi connectivity index (χ3n) is 6.49. The van der Waals surface area contributed by atoms with Crippen LogP contribution in [0.25, 0.3) is 0 Å². The molecule has 7 heteroatoms. The first-order valence-corrected chi connectivity index (χ1v) is 11.1. The first-order valence-electron chi connectivity index (χ1n) is 11.1. The summed E-state index contributed by atoms with van der Waals surface area (Å²) in [5.74, 6) is -0.569. The quantitative estimate of drug-likeness (QED) is 0.223. The minimum Gasteiger partial charge on any atom is -0.490 e. The van der Waals surface area contributed by atoms with Crippen LogP contribution < -0.4 is 9.47 Å². The summed E-state index contributed by atoms with van der Waals surface area (Å²) in [7, 11) is 0. The fourth-order valence-corrected chi connectivity index (χ4v) is 5.01. The number of rotatable bonds is 6. The molecule has 168 valence electrons. The van der Waals surface area contributed by atoms with Gasteiger partial charge in [-0.3, -0.25) is 9.59 Å². The number of hydrogen-bond acceptors (Lipinski definition) is 6. The van der Waals surface area contributed by atoms with Gasteiger partial charge < -0.3 is 9.47 Å². The van der Waals surface area contributed by atoms with E-state index in [1.807, 2.05) is 19.9 Å². The fourth-order valence-electron chi connectivity index (χ4n) is 5.01. The van der Waals surface area contributed by atoms with Gasteiger partial charge in [-0.25, -0.2) is 4.79 Å². The Labute approximate surface area is 191 Å². The Hall–Kier alpha value is -3.74. The third kappa shape index (κ3) is 3.73. The Kier molecular flexibility index (Phi) is 5.32. The number of carbonyl (C=O) groups is 3. The molecule has 0 spiro atoms. The van der Waals surface area contributed by atoms with Crippen molar-refractivity contribution in [2.45, 2.75) is 20.3 Å². The molecular weight excluding hydrogens is 420 g/mol. The first-order chi connectivity index (χ1) is 16.0. The molecule has 0 radical (unpaired) electrons. The number of amides is 2. The molecule has 4 atom stereocenters. The summed E-state index contributed by atoms with van der Waals surface area (Å²) in [4.78, 5) is 38.1. The Morgan fingerprint density at radius 3 is 2.45 bits per heavy atom. The molecule has 3 aliphatic rings. The van der Waals surface area contributed by atoms with Crippen LogP contribution in [0.15, 0.2) is 59.7 Å². The van der Waals surface area contributed by atoms with Gasteiger partial charge in [-0.05, 0) is 68.0 Å². The first kappa shape index (κ1) is 21.1. The summed E-state index contributed by atoms with van der Waals surface area (Å²) < 4.78 is 11.2. The van der Waals surface area contributed by atoms with Crippen LogP contribution in [0, 0.1) is 30.6 Å². The molecule has 2 fully saturated rings. The van der Waals surface area contributed by atoms with Gasteiger partial charge in [-0.1, -0.05) is 29.8 Å². The van der Waals surface area contributed by atoms with E-state index in [0.29, 0.717) is 23.5 Å². The molecule has 2 bridgehead atoms. The van der Waals surface area contributed by atoms with Crippen LogP contribution in [0.5, 0.6) is 11.5 Å². The fraction of sp³-hybridized carbons (Fsp3) is 0.308. The predicted octanol–water partition coefficient (Wildman–Crippen LogP) is 3.75. The van der Waals surface area contributed by atoms with Crippen LogP contribution in [-0.4, -0.2) is 35.6 Å². The van der Waals surface area contributed by atoms with E-state index >= 15 is 0 Å². The number of allylic oxidation sites excluding steroid dienone is 2. The summed E-state index contributed by atoms with van der Waals surface area (Å²) in [5.41, 5.74) is 2.02. The van der Waals surface area contributed by atoms with Gasteiger partial charge in [0, 0.05) is 0 Å². The second-order valence-electron chi connectivity index (χ2n) is 8.63. The summed E-state index contributed by atoms with van der Waals surface area (Å²) in [6.45, 7) is 4.11. The number of benzene rings is 2. The van der Waals surface area contributed by atoms with E-state index < -0.39 is 5.97 Å². The van der Waals surface area contributed by atoms with E-state index in [4.69, 9.17) is 9.47 Å². The number of fused-ring (bicyclic) bond motifs is 5. The standard InChI is InChI=1S/C26H24N2O5/c1-3-32-21-12-16(7-10-20(21)33-26(31)19-6-4-5-15(2)11-19)14-27-28-24(29)22-17-8-9-18(13-17)23(22)25(28)30/h4-12,14,17-18,22-23H,3,13H2,1-2H3/t17-,18-,22-,23+/m0/s1. The zero-order chi connectivity index (χ0) is 23.1. The van der Waals surface area contributed by atoms with Crippen molar-refractivity contribution in [1.82, 2.24) is 5.01 Å². The van der Waals surface area contributed by atoms with E-state index in [2.05, 4.69) is 17.3 Å². The summed E-state index contributed by atoms with van der Waals surface area (Å²) in [6.07, 6.45) is 6.44. The van der Waals surface area contributed by atoms with E-state index in [-0.39, 0.29) is 41.2 Å². The van der Waals surface area contributed by atoms with Crippen molar-refractivity contribution < 1.29 is 23.9 Å². The Morgan fingerprint density at radius 1 is 1.06 bits per heavy atom. The normalized spacial score (nSPS) is 25.2. The highest BCUT2D eigenvalue weighted by Crippen LogP contribution is 2.52. The number of aryl methyl sites for hydroxylation is 1. The molecule has 1 aliphatic heterocycles. The average molecular weight is 444 g/mol. The van der Waals surface area contributed by atoms with E-state index in [9.17, 15) is 14.4 Å². The number of hydrogen-bond donors (Lipinski definition) is 0. The number of esters is 1. The molecule has 33 heavy (non-hydrogen) atoms. The molecule has 2 aromatic rings. The highest BCUT2D eigenvalue weighted by atomic mass is 16.6. The summed E-state index contributed by atoms with van der Waals surface area (Å²) in [5, 5.41) is 5.21. The van der Waals surface area contributed by atoms with Crippen LogP contribution in [0.4, 0.5) is 0 Å². The van der Waals surface area contributed by atoms with Crippen molar-refractivity contribution in [3.8, 4) is 11.5 Å². The second kappa shape index (κ2) is 8.31. The summed E-state index contributed by atoms with van der Waals surface area (Å²) in [6, 6.07) is 12.1. The highest BCUT2D eigenvalue weighted by molar-refractivity contribution is 6.06. The van der Waals surface area contributed by atoms with Crippen LogP contribution in [0.3, 0.4) is 0 Å². The maximum absolute atomic E-state index is 12.8. The van der Waals surface area contributed by atoms with Gasteiger partial charge in [0.15, 0.2) is 11.5 Å². The van der Waals surface area contributed by atoms with Gasteiger partial charge in [-0.15, -0.1) is 0 Å². The van der Waals surface area contributed by atoms with Gasteiger partial charge >= 0.3 is 5.97 Å². The lowest BCUT2D eigenvalue weighted by Gasteiger charge is -2.13. The average Bonchev–Trinajstić information content (AvgIpc) is 3.48. The lowest BCUT2D eigenvalue weighted by atomic mass is 9.85. The Balaban J connectivity index is 1.34. The Morgan fingerprint density at radius 2 is 1.79 bits per heavy atom. The van der Waals surface area contributed by atoms with Crippen molar-refractivity contribution in [3.05, 3.63) is 71.3 Å². The van der Waals surface area contributed by atoms with Gasteiger partial charge in [0.1, 0.15) is 0 Å². The molecule has 7 nitrogen and oxygen atoms in total. The minimum atomic E-state index is -0.482. The van der Waals surface area contributed by atoms with E-state index in [1.54, 1.807) is 36.4 Å². The van der Waals surface area contributed by atoms with Crippen molar-refractivity contribution in [1.29, 1.82) is 0 Å². The largest absolute Gasteiger partial charge is 0.490 e. The molecule has 2 amide bonds. The SMILES string of the molecule is CCOc1cc(C=NN2C(=O)[C@@H]3[C@H](C2=O)[C@H]2C=C[C@H]3C2)ccc1OC(=O)c1cccc(C)c1. The minimum absolute atomic E-state index is 0.142. The van der Waals surface area contributed by atoms with Gasteiger partial charge in [0.2, 0.25) is 0 Å². The van der Waals surface area contributed by atoms with Gasteiger partial charge in [0.05, 0.1) is 30.2 Å². The van der Waals surface area contributed by atoms with Crippen molar-refractivity contribution in [3.63, 3.8) is 0 Å². The molecule has 2 aromatic carbocycles. The topological polar surface area (TPSA) is 85.3 Å². The molecule has 1 saturated carbocycles. The van der Waals surface area contributed by atoms with Crippen LogP contribution in [-0.2, 0) is 9.59 Å². The van der Waals surface area contributed by atoms with Crippen molar-refractivity contribution in [2.75, 3.05) is 6.61 Å². The molecule has 1 saturated heterocycles. The van der Waals surface area contributed by atoms with Crippen LogP contribution in [0.1, 0.15) is 34.8 Å². The molecule has 0 N–H and O–H groups in total. The molecule has 2 aliphatic carbocycles. The maximum Gasteiger partial charge on any atom is 0.343 e. The zero-order valence-electron chi connectivity index (χ0n) is 18.4. The van der Waals surface area contributed by atoms with E-state index in [0.717, 1.165) is 17.0 Å². The lowest BCUT2D eigenvalue weighted by Crippen LogP contribution is -2.28. The number of carbonyl (C=O) groups excluding carboxylic acids is 3. The van der Waals surface area contributed by atoms with Gasteiger partial charge in [-0.2, -0.15) is 10.1 Å². The monoisotopic (exact) mass is 444 g/mol. The predicted molar refractivity (Wildman–Crippen MR) is 121 cm³/mol. The smallest absolute Gasteiger partial charge is 0.343 e. The van der Waals surface area contributed by atoms with Crippen LogP contribution >= 0.6 is 0 Å².